The van der Waals surface area contributed by atoms with Gasteiger partial charge in [-0.2, -0.15) is 0 Å². The second-order valence-electron chi connectivity index (χ2n) is 5.72. The van der Waals surface area contributed by atoms with Gasteiger partial charge in [-0.1, -0.05) is 0 Å². The fraction of sp³-hybridized carbons (Fsp3) is 0.222. The van der Waals surface area contributed by atoms with E-state index in [9.17, 15) is 0 Å². The average molecular weight is 367 g/mol. The van der Waals surface area contributed by atoms with Crippen molar-refractivity contribution in [3.05, 3.63) is 71.4 Å². The van der Waals surface area contributed by atoms with Crippen molar-refractivity contribution >= 4 is 36.2 Å². The summed E-state index contributed by atoms with van der Waals surface area (Å²) in [6.45, 7) is 2.18. The van der Waals surface area contributed by atoms with Gasteiger partial charge in [-0.05, 0) is 0 Å². The van der Waals surface area contributed by atoms with Gasteiger partial charge >= 0.3 is 132 Å². The number of aryl methyl sites for hydroxylation is 1. The molecule has 0 amide bonds. The molecule has 1 heterocycles. The third-order valence-corrected chi connectivity index (χ3v) is 4.92. The molecule has 0 spiro atoms. The summed E-state index contributed by atoms with van der Waals surface area (Å²) < 4.78 is 0.677. The SMILES string of the molecule is Cc1ccc2c(c1)N(c1ccccc1)C1=C[CH]([Ti])CC12.Cl.Cl. The summed E-state index contributed by atoms with van der Waals surface area (Å²) in [5.41, 5.74) is 6.96. The van der Waals surface area contributed by atoms with E-state index < -0.39 is 0 Å². The van der Waals surface area contributed by atoms with E-state index in [1.54, 1.807) is 0 Å². The Labute approximate surface area is 156 Å². The molecule has 0 radical (unpaired) electrons. The predicted octanol–water partition coefficient (Wildman–Crippen LogP) is 5.70. The van der Waals surface area contributed by atoms with E-state index in [0.717, 1.165) is 0 Å². The van der Waals surface area contributed by atoms with Gasteiger partial charge in [0.2, 0.25) is 0 Å². The number of halogens is 2. The standard InChI is InChI=1S/C18H16N.2ClH.Ti/c1-13-10-11-16-15-8-5-9-17(15)19(18(16)12-13)14-6-3-2-4-7-14;;;/h2-7,9-12,15H,8H2,1H3;2*1H;. The molecule has 2 aromatic carbocycles. The fourth-order valence-corrected chi connectivity index (χ4v) is 4.06. The quantitative estimate of drug-likeness (QED) is 0.585. The summed E-state index contributed by atoms with van der Waals surface area (Å²) >= 11 is 2.32. The Morgan fingerprint density at radius 2 is 1.77 bits per heavy atom. The van der Waals surface area contributed by atoms with Crippen molar-refractivity contribution in [1.82, 2.24) is 0 Å². The number of benzene rings is 2. The summed E-state index contributed by atoms with van der Waals surface area (Å²) in [5, 5.41) is 0. The first-order valence-corrected chi connectivity index (χ1v) is 8.03. The number of fused-ring (bicyclic) bond motifs is 3. The molecule has 1 aliphatic heterocycles. The first-order chi connectivity index (χ1) is 9.74. The zero-order chi connectivity index (χ0) is 13.7. The van der Waals surface area contributed by atoms with E-state index in [1.165, 1.54) is 34.6 Å². The van der Waals surface area contributed by atoms with Gasteiger partial charge in [0.15, 0.2) is 0 Å². The van der Waals surface area contributed by atoms with Crippen LogP contribution >= 0.6 is 24.8 Å². The number of anilines is 2. The van der Waals surface area contributed by atoms with E-state index in [2.05, 4.69) is 86.9 Å². The summed E-state index contributed by atoms with van der Waals surface area (Å²) in [6, 6.07) is 17.6. The van der Waals surface area contributed by atoms with E-state index in [4.69, 9.17) is 0 Å². The van der Waals surface area contributed by atoms with Crippen LogP contribution in [0, 0.1) is 6.92 Å². The summed E-state index contributed by atoms with van der Waals surface area (Å²) in [5.74, 6) is 0.584. The van der Waals surface area contributed by atoms with Crippen LogP contribution in [0.25, 0.3) is 0 Å². The first kappa shape index (κ1) is 17.6. The molecule has 0 bridgehead atoms. The first-order valence-electron chi connectivity index (χ1n) is 7.12. The maximum absolute atomic E-state index is 2.45. The largest absolute Gasteiger partial charge is 0.147 e. The number of rotatable bonds is 1. The Kier molecular flexibility index (Phi) is 5.45. The topological polar surface area (TPSA) is 3.24 Å². The Hall–Kier alpha value is -0.726. The minimum absolute atomic E-state index is 0. The monoisotopic (exact) mass is 366 g/mol. The molecule has 22 heavy (non-hydrogen) atoms. The van der Waals surface area contributed by atoms with Crippen molar-refractivity contribution in [2.45, 2.75) is 23.5 Å². The van der Waals surface area contributed by atoms with Gasteiger partial charge in [0.05, 0.1) is 0 Å². The maximum atomic E-state index is 2.45. The molecule has 1 nitrogen and oxygen atoms in total. The third-order valence-electron chi connectivity index (χ3n) is 4.29. The second-order valence-corrected chi connectivity index (χ2v) is 6.88. The predicted molar refractivity (Wildman–Crippen MR) is 93.4 cm³/mol. The Bertz CT molecular complexity index is 699. The van der Waals surface area contributed by atoms with Gasteiger partial charge < -0.3 is 0 Å². The minimum atomic E-state index is 0. The average Bonchev–Trinajstić information content (AvgIpc) is 2.94. The van der Waals surface area contributed by atoms with Crippen LogP contribution in [-0.4, -0.2) is 0 Å². The zero-order valence-electron chi connectivity index (χ0n) is 12.3. The molecular weight excluding hydrogens is 349 g/mol. The van der Waals surface area contributed by atoms with Crippen LogP contribution < -0.4 is 4.90 Å². The van der Waals surface area contributed by atoms with Crippen molar-refractivity contribution in [3.8, 4) is 0 Å². The summed E-state index contributed by atoms with van der Waals surface area (Å²) in [7, 11) is 0. The van der Waals surface area contributed by atoms with Gasteiger partial charge in [-0.25, -0.2) is 0 Å². The van der Waals surface area contributed by atoms with Crippen LogP contribution in [0.15, 0.2) is 60.3 Å². The number of allylic oxidation sites excluding steroid dienone is 2. The second kappa shape index (κ2) is 6.80. The molecule has 0 saturated carbocycles. The molecule has 1 aliphatic carbocycles. The van der Waals surface area contributed by atoms with Gasteiger partial charge in [-0.15, -0.1) is 24.8 Å². The van der Waals surface area contributed by atoms with Crippen molar-refractivity contribution in [2.24, 2.45) is 0 Å². The van der Waals surface area contributed by atoms with Crippen LogP contribution in [0.4, 0.5) is 11.4 Å². The molecule has 0 fully saturated rings. The van der Waals surface area contributed by atoms with Crippen LogP contribution in [0.2, 0.25) is 4.22 Å². The third kappa shape index (κ3) is 2.76. The fourth-order valence-electron chi connectivity index (χ4n) is 3.43. The van der Waals surface area contributed by atoms with Crippen molar-refractivity contribution in [1.29, 1.82) is 0 Å². The van der Waals surface area contributed by atoms with Gasteiger partial charge in [0.1, 0.15) is 0 Å². The molecule has 113 valence electrons. The molecule has 2 unspecified atom stereocenters. The van der Waals surface area contributed by atoms with Crippen LogP contribution in [-0.2, 0) is 20.4 Å². The summed E-state index contributed by atoms with van der Waals surface area (Å²) in [6.07, 6.45) is 3.70. The minimum Gasteiger partial charge on any atom is -0.147 e. The van der Waals surface area contributed by atoms with Gasteiger partial charge in [0, 0.05) is 0 Å². The molecular formula is C18H18Cl2NTi. The van der Waals surface area contributed by atoms with Gasteiger partial charge in [-0.3, -0.25) is 0 Å². The Morgan fingerprint density at radius 3 is 2.50 bits per heavy atom. The van der Waals surface area contributed by atoms with Crippen LogP contribution in [0.3, 0.4) is 0 Å². The van der Waals surface area contributed by atoms with Crippen LogP contribution in [0.1, 0.15) is 23.5 Å². The molecule has 0 N–H and O–H groups in total. The van der Waals surface area contributed by atoms with E-state index >= 15 is 0 Å². The van der Waals surface area contributed by atoms with E-state index in [-0.39, 0.29) is 24.8 Å². The van der Waals surface area contributed by atoms with Crippen molar-refractivity contribution < 1.29 is 20.4 Å². The number of para-hydroxylation sites is 1. The molecule has 2 aromatic rings. The molecule has 4 rings (SSSR count). The molecule has 0 saturated heterocycles. The smallest absolute Gasteiger partial charge is 0.147 e. The zero-order valence-corrected chi connectivity index (χ0v) is 15.5. The van der Waals surface area contributed by atoms with Crippen molar-refractivity contribution in [3.63, 3.8) is 0 Å². The normalized spacial score (nSPS) is 21.3. The van der Waals surface area contributed by atoms with Crippen LogP contribution in [0.5, 0.6) is 0 Å². The van der Waals surface area contributed by atoms with E-state index in [1.807, 2.05) is 0 Å². The van der Waals surface area contributed by atoms with E-state index in [0.29, 0.717) is 10.1 Å². The Balaban J connectivity index is 0.000000882. The number of hydrogen-bond acceptors (Lipinski definition) is 1. The Morgan fingerprint density at radius 1 is 1.05 bits per heavy atom. The van der Waals surface area contributed by atoms with Gasteiger partial charge in [0.25, 0.3) is 0 Å². The molecule has 0 aromatic heterocycles. The maximum Gasteiger partial charge on any atom is -0.147 e. The molecule has 4 heteroatoms. The molecule has 2 atom stereocenters. The number of nitrogens with zero attached hydrogens (tertiary/aromatic N) is 1. The summed E-state index contributed by atoms with van der Waals surface area (Å²) in [4.78, 5) is 2.45. The van der Waals surface area contributed by atoms with Crippen molar-refractivity contribution in [2.75, 3.05) is 4.90 Å². The number of hydrogen-bond donors (Lipinski definition) is 0. The molecule has 2 aliphatic rings.